The van der Waals surface area contributed by atoms with Crippen LogP contribution >= 0.6 is 0 Å². The summed E-state index contributed by atoms with van der Waals surface area (Å²) in [5.41, 5.74) is 3.28. The van der Waals surface area contributed by atoms with Crippen LogP contribution in [0.15, 0.2) is 47.3 Å². The maximum absolute atomic E-state index is 13.1. The minimum Gasteiger partial charge on any atom is -0.508 e. The first kappa shape index (κ1) is 18.0. The van der Waals surface area contributed by atoms with Crippen LogP contribution < -0.4 is 5.32 Å². The van der Waals surface area contributed by atoms with Gasteiger partial charge in [-0.05, 0) is 34.9 Å². The van der Waals surface area contributed by atoms with Crippen LogP contribution in [0.5, 0.6) is 5.75 Å². The van der Waals surface area contributed by atoms with Gasteiger partial charge in [-0.1, -0.05) is 45.9 Å². The maximum Gasteiger partial charge on any atom is 0.161 e. The second kappa shape index (κ2) is 5.82. The van der Waals surface area contributed by atoms with Gasteiger partial charge in [0.15, 0.2) is 5.78 Å². The van der Waals surface area contributed by atoms with Crippen LogP contribution in [0.3, 0.4) is 0 Å². The second-order valence-corrected chi connectivity index (χ2v) is 9.74. The molecular weight excluding hydrogens is 338 g/mol. The van der Waals surface area contributed by atoms with Crippen molar-refractivity contribution in [2.45, 2.75) is 52.9 Å². The third-order valence-electron chi connectivity index (χ3n) is 5.97. The van der Waals surface area contributed by atoms with E-state index in [2.05, 4.69) is 39.1 Å². The number of aromatic hydroxyl groups is 1. The van der Waals surface area contributed by atoms with Gasteiger partial charge in [-0.2, -0.15) is 0 Å². The van der Waals surface area contributed by atoms with Crippen LogP contribution in [0.2, 0.25) is 0 Å². The standard InChI is InChI=1S/C23H27NO3/c1-22(2)9-15-20(17(26)11-22)19(13-5-7-14(25)8-6-13)21-16(24-15)10-23(3,4)12-18(21)27/h5-9,19-20,24-25H,10-12H2,1-4H3. The highest BCUT2D eigenvalue weighted by atomic mass is 16.3. The van der Waals surface area contributed by atoms with E-state index in [4.69, 9.17) is 0 Å². The SMILES string of the molecule is CC1(C)C=C2NC3=C(C(=O)CC(C)(C)C3)C(c3ccc(O)cc3)C2C(=O)C1. The van der Waals surface area contributed by atoms with Gasteiger partial charge >= 0.3 is 0 Å². The van der Waals surface area contributed by atoms with Crippen molar-refractivity contribution < 1.29 is 14.7 Å². The topological polar surface area (TPSA) is 66.4 Å². The number of fused-ring (bicyclic) bond motifs is 1. The second-order valence-electron chi connectivity index (χ2n) is 9.74. The number of hydrogen-bond acceptors (Lipinski definition) is 4. The van der Waals surface area contributed by atoms with Gasteiger partial charge in [0, 0.05) is 35.7 Å². The fraction of sp³-hybridized carbons (Fsp3) is 0.478. The van der Waals surface area contributed by atoms with E-state index < -0.39 is 0 Å². The monoisotopic (exact) mass is 365 g/mol. The number of hydrogen-bond donors (Lipinski definition) is 2. The molecule has 2 atom stereocenters. The first-order valence-corrected chi connectivity index (χ1v) is 9.64. The Balaban J connectivity index is 1.92. The number of ketones is 2. The smallest absolute Gasteiger partial charge is 0.161 e. The Morgan fingerprint density at radius 3 is 2.30 bits per heavy atom. The van der Waals surface area contributed by atoms with Gasteiger partial charge in [-0.25, -0.2) is 0 Å². The molecule has 1 aromatic carbocycles. The molecule has 1 aliphatic heterocycles. The molecule has 0 amide bonds. The van der Waals surface area contributed by atoms with Crippen molar-refractivity contribution in [2.24, 2.45) is 16.7 Å². The summed E-state index contributed by atoms with van der Waals surface area (Å²) in [4.78, 5) is 26.3. The van der Waals surface area contributed by atoms with Crippen molar-refractivity contribution in [3.05, 3.63) is 52.9 Å². The summed E-state index contributed by atoms with van der Waals surface area (Å²) in [6.45, 7) is 8.38. The lowest BCUT2D eigenvalue weighted by Gasteiger charge is -2.45. The van der Waals surface area contributed by atoms with Crippen molar-refractivity contribution in [1.29, 1.82) is 0 Å². The number of Topliss-reactive ketones (excluding diaryl/α,β-unsaturated/α-hetero) is 2. The third kappa shape index (κ3) is 3.11. The van der Waals surface area contributed by atoms with E-state index in [-0.39, 0.29) is 40.0 Å². The molecule has 142 valence electrons. The predicted molar refractivity (Wildman–Crippen MR) is 104 cm³/mol. The van der Waals surface area contributed by atoms with Crippen LogP contribution in [-0.2, 0) is 9.59 Å². The maximum atomic E-state index is 13.1. The summed E-state index contributed by atoms with van der Waals surface area (Å²) in [7, 11) is 0. The highest BCUT2D eigenvalue weighted by Gasteiger charge is 2.48. The Morgan fingerprint density at radius 1 is 0.963 bits per heavy atom. The Kier molecular flexibility index (Phi) is 3.88. The molecule has 1 heterocycles. The molecule has 0 radical (unpaired) electrons. The molecule has 27 heavy (non-hydrogen) atoms. The minimum atomic E-state index is -0.355. The normalized spacial score (nSPS) is 28.8. The quantitative estimate of drug-likeness (QED) is 0.782. The number of allylic oxidation sites excluding steroid dienone is 4. The molecule has 3 aliphatic rings. The largest absolute Gasteiger partial charge is 0.508 e. The van der Waals surface area contributed by atoms with Gasteiger partial charge < -0.3 is 10.4 Å². The van der Waals surface area contributed by atoms with E-state index in [1.807, 2.05) is 12.1 Å². The van der Waals surface area contributed by atoms with E-state index in [9.17, 15) is 14.7 Å². The fourth-order valence-corrected chi connectivity index (χ4v) is 4.96. The van der Waals surface area contributed by atoms with Crippen LogP contribution in [0.25, 0.3) is 0 Å². The molecule has 2 N–H and O–H groups in total. The summed E-state index contributed by atoms with van der Waals surface area (Å²) >= 11 is 0. The van der Waals surface area contributed by atoms with Crippen molar-refractivity contribution in [3.63, 3.8) is 0 Å². The first-order chi connectivity index (χ1) is 12.6. The summed E-state index contributed by atoms with van der Waals surface area (Å²) < 4.78 is 0. The Morgan fingerprint density at radius 2 is 1.63 bits per heavy atom. The zero-order valence-corrected chi connectivity index (χ0v) is 16.4. The molecule has 2 aliphatic carbocycles. The summed E-state index contributed by atoms with van der Waals surface area (Å²) in [5.74, 6) is -0.146. The number of rotatable bonds is 1. The molecule has 0 spiro atoms. The number of benzene rings is 1. The van der Waals surface area contributed by atoms with Gasteiger partial charge in [-0.15, -0.1) is 0 Å². The molecule has 0 saturated heterocycles. The first-order valence-electron chi connectivity index (χ1n) is 9.64. The Labute approximate surface area is 160 Å². The number of nitrogens with one attached hydrogen (secondary N) is 1. The molecule has 4 nitrogen and oxygen atoms in total. The third-order valence-corrected chi connectivity index (χ3v) is 5.97. The average molecular weight is 365 g/mol. The lowest BCUT2D eigenvalue weighted by atomic mass is 9.62. The Bertz CT molecular complexity index is 887. The zero-order valence-electron chi connectivity index (χ0n) is 16.4. The highest BCUT2D eigenvalue weighted by Crippen LogP contribution is 2.51. The van der Waals surface area contributed by atoms with Gasteiger partial charge in [-0.3, -0.25) is 9.59 Å². The molecular formula is C23H27NO3. The molecule has 0 fully saturated rings. The number of phenols is 1. The fourth-order valence-electron chi connectivity index (χ4n) is 4.96. The van der Waals surface area contributed by atoms with Crippen LogP contribution in [-0.4, -0.2) is 16.7 Å². The van der Waals surface area contributed by atoms with E-state index in [0.717, 1.165) is 29.0 Å². The summed E-state index contributed by atoms with van der Waals surface area (Å²) in [5, 5.41) is 13.2. The van der Waals surface area contributed by atoms with Crippen molar-refractivity contribution >= 4 is 11.6 Å². The van der Waals surface area contributed by atoms with Gasteiger partial charge in [0.05, 0.1) is 5.92 Å². The molecule has 2 unspecified atom stereocenters. The van der Waals surface area contributed by atoms with E-state index in [1.165, 1.54) is 0 Å². The number of carbonyl (C=O) groups excluding carboxylic acids is 2. The molecule has 0 aromatic heterocycles. The van der Waals surface area contributed by atoms with E-state index in [1.54, 1.807) is 12.1 Å². The molecule has 0 bridgehead atoms. The summed E-state index contributed by atoms with van der Waals surface area (Å²) in [6.07, 6.45) is 3.93. The van der Waals surface area contributed by atoms with Crippen molar-refractivity contribution in [3.8, 4) is 5.75 Å². The summed E-state index contributed by atoms with van der Waals surface area (Å²) in [6, 6.07) is 6.95. The van der Waals surface area contributed by atoms with Gasteiger partial charge in [0.2, 0.25) is 0 Å². The predicted octanol–water partition coefficient (Wildman–Crippen LogP) is 4.22. The Hall–Kier alpha value is -2.36. The molecule has 1 aromatic rings. The van der Waals surface area contributed by atoms with E-state index in [0.29, 0.717) is 12.8 Å². The number of phenolic OH excluding ortho intramolecular Hbond substituents is 1. The lowest BCUT2D eigenvalue weighted by Crippen LogP contribution is -2.46. The van der Waals surface area contributed by atoms with Gasteiger partial charge in [0.1, 0.15) is 11.5 Å². The molecule has 4 rings (SSSR count). The zero-order chi connectivity index (χ0) is 19.6. The minimum absolute atomic E-state index is 0.0932. The van der Waals surface area contributed by atoms with Crippen molar-refractivity contribution in [2.75, 3.05) is 0 Å². The number of carbonyl (C=O) groups is 2. The van der Waals surface area contributed by atoms with Crippen LogP contribution in [0.4, 0.5) is 0 Å². The van der Waals surface area contributed by atoms with Crippen LogP contribution in [0, 0.1) is 16.7 Å². The lowest BCUT2D eigenvalue weighted by molar-refractivity contribution is -0.125. The highest BCUT2D eigenvalue weighted by molar-refractivity contribution is 6.01. The van der Waals surface area contributed by atoms with Crippen molar-refractivity contribution in [1.82, 2.24) is 5.32 Å². The molecule has 4 heteroatoms. The molecule has 0 saturated carbocycles. The van der Waals surface area contributed by atoms with Gasteiger partial charge in [0.25, 0.3) is 0 Å². The average Bonchev–Trinajstić information content (AvgIpc) is 2.51. The van der Waals surface area contributed by atoms with Crippen LogP contribution in [0.1, 0.15) is 58.4 Å². The van der Waals surface area contributed by atoms with E-state index >= 15 is 0 Å².